The highest BCUT2D eigenvalue weighted by Gasteiger charge is 1.67. The lowest BCUT2D eigenvalue weighted by atomic mass is 11.0. The molecule has 0 fully saturated rings. The quantitative estimate of drug-likeness (QED) is 0.300. The Labute approximate surface area is 31.6 Å². The van der Waals surface area contributed by atoms with E-state index in [0.717, 1.165) is 0 Å². The summed E-state index contributed by atoms with van der Waals surface area (Å²) in [7, 11) is 4.81. The molecule has 0 aliphatic rings. The van der Waals surface area contributed by atoms with Gasteiger partial charge in [0, 0.05) is 14.1 Å². The molecule has 0 aromatic carbocycles. The fourth-order valence-corrected chi connectivity index (χ4v) is 0. The van der Waals surface area contributed by atoms with Crippen LogP contribution in [0.1, 0.15) is 0 Å². The number of hydrogen-bond acceptors (Lipinski definition) is 2. The largest absolute Gasteiger partial charge is 0.312 e. The fourth-order valence-electron chi connectivity index (χ4n) is 0. The highest BCUT2D eigenvalue weighted by Crippen LogP contribution is 1.61. The predicted octanol–water partition coefficient (Wildman–Crippen LogP) is 0.191. The van der Waals surface area contributed by atoms with Crippen LogP contribution in [-0.4, -0.2) is 11.9 Å². The molecule has 0 bridgehead atoms. The van der Waals surface area contributed by atoms with Gasteiger partial charge in [-0.3, -0.25) is 0 Å². The van der Waals surface area contributed by atoms with Gasteiger partial charge in [-0.15, -0.1) is 0 Å². The van der Waals surface area contributed by atoms with E-state index in [4.69, 9.17) is 5.26 Å². The zero-order valence-corrected chi connectivity index (χ0v) is 3.10. The van der Waals surface area contributed by atoms with Gasteiger partial charge in [0.2, 0.25) is 0 Å². The molecule has 0 aliphatic heterocycles. The van der Waals surface area contributed by atoms with Gasteiger partial charge in [0.15, 0.2) is 6.19 Å². The lowest BCUT2D eigenvalue weighted by Crippen LogP contribution is -1.95. The first kappa shape index (κ1) is 4.29. The van der Waals surface area contributed by atoms with Gasteiger partial charge in [-0.1, -0.05) is 0 Å². The van der Waals surface area contributed by atoms with Crippen LogP contribution in [0.4, 0.5) is 0 Å². The van der Waals surface area contributed by atoms with Crippen LogP contribution in [0.3, 0.4) is 0 Å². The molecule has 0 aromatic rings. The zero-order chi connectivity index (χ0) is 4.28. The standard InChI is InChI=1S/C3H5N2/c1-5(2)3-4/h1H2,2H3. The Morgan fingerprint density at radius 2 is 2.20 bits per heavy atom. The first-order valence-electron chi connectivity index (χ1n) is 1.21. The first-order valence-corrected chi connectivity index (χ1v) is 1.21. The van der Waals surface area contributed by atoms with Gasteiger partial charge < -0.3 is 4.90 Å². The molecule has 2 heteroatoms. The van der Waals surface area contributed by atoms with Gasteiger partial charge in [0.1, 0.15) is 0 Å². The average molecular weight is 69.1 g/mol. The van der Waals surface area contributed by atoms with Crippen molar-refractivity contribution in [2.24, 2.45) is 0 Å². The van der Waals surface area contributed by atoms with Crippen LogP contribution in [0.5, 0.6) is 0 Å². The Bertz CT molecular complexity index is 50.4. The van der Waals surface area contributed by atoms with Crippen molar-refractivity contribution in [3.63, 3.8) is 0 Å². The Morgan fingerprint density at radius 3 is 2.20 bits per heavy atom. The third-order valence-corrected chi connectivity index (χ3v) is 0.171. The highest BCUT2D eigenvalue weighted by molar-refractivity contribution is 4.64. The molecule has 5 heavy (non-hydrogen) atoms. The molecule has 0 N–H and O–H groups in total. The second-order valence-corrected chi connectivity index (χ2v) is 0.798. The van der Waals surface area contributed by atoms with Crippen molar-refractivity contribution in [3.05, 3.63) is 7.05 Å². The van der Waals surface area contributed by atoms with Crippen LogP contribution < -0.4 is 0 Å². The number of hydrogen-bond donors (Lipinski definition) is 0. The molecule has 0 aromatic heterocycles. The van der Waals surface area contributed by atoms with Gasteiger partial charge in [0.05, 0.1) is 0 Å². The van der Waals surface area contributed by atoms with Gasteiger partial charge >= 0.3 is 0 Å². The Morgan fingerprint density at radius 1 is 2.00 bits per heavy atom. The molecule has 0 heterocycles. The topological polar surface area (TPSA) is 27.0 Å². The minimum atomic E-state index is 1.18. The molecular weight excluding hydrogens is 64.0 g/mol. The second-order valence-electron chi connectivity index (χ2n) is 0.798. The van der Waals surface area contributed by atoms with Gasteiger partial charge in [0.25, 0.3) is 0 Å². The van der Waals surface area contributed by atoms with Crippen molar-refractivity contribution in [3.8, 4) is 6.19 Å². The first-order chi connectivity index (χ1) is 2.27. The van der Waals surface area contributed by atoms with E-state index in [9.17, 15) is 0 Å². The van der Waals surface area contributed by atoms with Crippen molar-refractivity contribution in [1.82, 2.24) is 4.90 Å². The normalized spacial score (nSPS) is 5.80. The average Bonchev–Trinajstić information content (AvgIpc) is 1.38. The van der Waals surface area contributed by atoms with E-state index in [1.165, 1.54) is 4.90 Å². The van der Waals surface area contributed by atoms with Crippen LogP contribution in [0.15, 0.2) is 0 Å². The lowest BCUT2D eigenvalue weighted by molar-refractivity contribution is 0.642. The molecule has 0 amide bonds. The van der Waals surface area contributed by atoms with E-state index in [2.05, 4.69) is 7.05 Å². The monoisotopic (exact) mass is 69.0 g/mol. The zero-order valence-electron chi connectivity index (χ0n) is 3.10. The summed E-state index contributed by atoms with van der Waals surface area (Å²) in [6, 6.07) is 0. The van der Waals surface area contributed by atoms with E-state index in [1.807, 2.05) is 0 Å². The van der Waals surface area contributed by atoms with Crippen LogP contribution in [0.25, 0.3) is 0 Å². The van der Waals surface area contributed by atoms with E-state index < -0.39 is 0 Å². The van der Waals surface area contributed by atoms with E-state index in [1.54, 1.807) is 13.2 Å². The molecule has 0 unspecified atom stereocenters. The minimum Gasteiger partial charge on any atom is -0.312 e. The van der Waals surface area contributed by atoms with Crippen LogP contribution in [0.2, 0.25) is 0 Å². The maximum absolute atomic E-state index is 7.76. The Hall–Kier alpha value is -0.710. The summed E-state index contributed by atoms with van der Waals surface area (Å²) >= 11 is 0. The molecule has 0 aliphatic carbocycles. The van der Waals surface area contributed by atoms with E-state index in [0.29, 0.717) is 0 Å². The third-order valence-electron chi connectivity index (χ3n) is 0.171. The summed E-state index contributed by atoms with van der Waals surface area (Å²) in [5.74, 6) is 0. The SMILES string of the molecule is [CH2]N(C)C#N. The fraction of sp³-hybridized carbons (Fsp3) is 0.333. The number of nitriles is 1. The summed E-state index contributed by atoms with van der Waals surface area (Å²) in [6.45, 7) is 0. The highest BCUT2D eigenvalue weighted by atomic mass is 15.0. The van der Waals surface area contributed by atoms with Crippen molar-refractivity contribution in [2.45, 2.75) is 0 Å². The summed E-state index contributed by atoms with van der Waals surface area (Å²) in [5, 5.41) is 7.76. The Kier molecular flexibility index (Phi) is 1.37. The van der Waals surface area contributed by atoms with Crippen molar-refractivity contribution < 1.29 is 0 Å². The lowest BCUT2D eigenvalue weighted by Gasteiger charge is -1.89. The smallest absolute Gasteiger partial charge is 0.179 e. The van der Waals surface area contributed by atoms with Crippen molar-refractivity contribution in [2.75, 3.05) is 7.05 Å². The molecule has 27 valence electrons. The molecule has 2 nitrogen and oxygen atoms in total. The van der Waals surface area contributed by atoms with Gasteiger partial charge in [-0.05, 0) is 0 Å². The molecule has 0 saturated carbocycles. The minimum absolute atomic E-state index is 1.18. The summed E-state index contributed by atoms with van der Waals surface area (Å²) in [6.07, 6.45) is 1.75. The Balaban J connectivity index is 2.94. The second kappa shape index (κ2) is 1.59. The van der Waals surface area contributed by atoms with E-state index >= 15 is 0 Å². The maximum atomic E-state index is 7.76. The summed E-state index contributed by atoms with van der Waals surface area (Å²) in [4.78, 5) is 1.18. The number of rotatable bonds is 0. The van der Waals surface area contributed by atoms with Crippen molar-refractivity contribution in [1.29, 1.82) is 5.26 Å². The van der Waals surface area contributed by atoms with E-state index in [-0.39, 0.29) is 0 Å². The van der Waals surface area contributed by atoms with Crippen LogP contribution in [-0.2, 0) is 0 Å². The molecule has 0 spiro atoms. The number of nitrogens with zero attached hydrogens (tertiary/aromatic N) is 2. The molecule has 0 atom stereocenters. The molecule has 0 rings (SSSR count). The summed E-state index contributed by atoms with van der Waals surface area (Å²) in [5.41, 5.74) is 0. The summed E-state index contributed by atoms with van der Waals surface area (Å²) < 4.78 is 0. The molecular formula is C3H5N2. The van der Waals surface area contributed by atoms with Gasteiger partial charge in [-0.25, -0.2) is 0 Å². The predicted molar refractivity (Wildman–Crippen MR) is 18.7 cm³/mol. The van der Waals surface area contributed by atoms with Gasteiger partial charge in [-0.2, -0.15) is 5.26 Å². The van der Waals surface area contributed by atoms with Crippen LogP contribution >= 0.6 is 0 Å². The molecule has 1 radical (unpaired) electrons. The maximum Gasteiger partial charge on any atom is 0.179 e. The van der Waals surface area contributed by atoms with Crippen LogP contribution in [0, 0.1) is 18.5 Å². The third kappa shape index (κ3) is 3.29. The van der Waals surface area contributed by atoms with Crippen molar-refractivity contribution >= 4 is 0 Å². The molecule has 0 saturated heterocycles.